The number of carbonyl (C=O) groups excluding carboxylic acids is 1. The van der Waals surface area contributed by atoms with E-state index in [2.05, 4.69) is 0 Å². The molecule has 0 aromatic heterocycles. The van der Waals surface area contributed by atoms with E-state index in [0.717, 1.165) is 12.1 Å². The monoisotopic (exact) mass is 318 g/mol. The lowest BCUT2D eigenvalue weighted by Gasteiger charge is -2.41. The normalized spacial score (nSPS) is 22.0. The molecule has 1 heterocycles. The van der Waals surface area contributed by atoms with Gasteiger partial charge in [0.05, 0.1) is 19.8 Å². The molecular weight excluding hydrogens is 292 g/mol. The minimum atomic E-state index is -0.718. The predicted molar refractivity (Wildman–Crippen MR) is 90.2 cm³/mol. The fourth-order valence-corrected chi connectivity index (χ4v) is 2.73. The van der Waals surface area contributed by atoms with Crippen molar-refractivity contribution in [3.05, 3.63) is 48.0 Å². The molecule has 1 saturated heterocycles. The number of carbonyl (C=O) groups is 1. The Labute approximate surface area is 138 Å². The second kappa shape index (κ2) is 8.24. The first-order valence-corrected chi connectivity index (χ1v) is 7.94. The highest BCUT2D eigenvalue weighted by molar-refractivity contribution is 5.87. The molecule has 0 spiro atoms. The molecule has 0 radical (unpaired) electrons. The Morgan fingerprint density at radius 1 is 1.39 bits per heavy atom. The predicted octanol–water partition coefficient (Wildman–Crippen LogP) is 0.937. The van der Waals surface area contributed by atoms with Crippen molar-refractivity contribution in [3.63, 3.8) is 0 Å². The van der Waals surface area contributed by atoms with Gasteiger partial charge in [-0.05, 0) is 19.7 Å². The van der Waals surface area contributed by atoms with Gasteiger partial charge < -0.3 is 19.6 Å². The minimum Gasteiger partial charge on any atom is -0.393 e. The van der Waals surface area contributed by atoms with E-state index in [1.807, 2.05) is 55.4 Å². The molecule has 2 rings (SSSR count). The van der Waals surface area contributed by atoms with Crippen LogP contribution < -0.4 is 0 Å². The van der Waals surface area contributed by atoms with E-state index in [4.69, 9.17) is 4.74 Å². The molecule has 1 N–H and O–H groups in total. The highest BCUT2D eigenvalue weighted by Gasteiger charge is 2.37. The first kappa shape index (κ1) is 17.7. The summed E-state index contributed by atoms with van der Waals surface area (Å²) in [7, 11) is 3.92. The zero-order chi connectivity index (χ0) is 16.7. The highest BCUT2D eigenvalue weighted by atomic mass is 16.5. The van der Waals surface area contributed by atoms with Gasteiger partial charge in [-0.3, -0.25) is 4.79 Å². The maximum atomic E-state index is 12.3. The van der Waals surface area contributed by atoms with Gasteiger partial charge in [-0.2, -0.15) is 0 Å². The van der Waals surface area contributed by atoms with Crippen LogP contribution in [0.2, 0.25) is 0 Å². The molecule has 1 amide bonds. The maximum Gasteiger partial charge on any atom is 0.246 e. The van der Waals surface area contributed by atoms with Crippen LogP contribution in [0.4, 0.5) is 0 Å². The van der Waals surface area contributed by atoms with Crippen LogP contribution in [0, 0.1) is 0 Å². The maximum absolute atomic E-state index is 12.3. The number of amides is 1. The van der Waals surface area contributed by atoms with E-state index in [1.54, 1.807) is 11.0 Å². The van der Waals surface area contributed by atoms with Crippen LogP contribution in [0.1, 0.15) is 5.56 Å². The van der Waals surface area contributed by atoms with Crippen LogP contribution in [-0.4, -0.2) is 73.4 Å². The topological polar surface area (TPSA) is 53.0 Å². The van der Waals surface area contributed by atoms with Crippen LogP contribution in [-0.2, 0) is 16.0 Å². The second-order valence-electron chi connectivity index (χ2n) is 6.28. The molecule has 0 saturated carbocycles. The van der Waals surface area contributed by atoms with Crippen LogP contribution in [0.15, 0.2) is 42.5 Å². The Hall–Kier alpha value is -1.69. The lowest BCUT2D eigenvalue weighted by atomic mass is 9.93. The quantitative estimate of drug-likeness (QED) is 0.793. The smallest absolute Gasteiger partial charge is 0.246 e. The van der Waals surface area contributed by atoms with Crippen LogP contribution in [0.3, 0.4) is 0 Å². The average Bonchev–Trinajstić information content (AvgIpc) is 2.55. The van der Waals surface area contributed by atoms with Crippen molar-refractivity contribution in [2.24, 2.45) is 0 Å². The molecule has 0 bridgehead atoms. The van der Waals surface area contributed by atoms with Crippen molar-refractivity contribution < 1.29 is 14.6 Å². The SMILES string of the molecule is CN(C)C/C=C/C(=O)N1CCO[C@](CO)(Cc2ccccc2)C1. The van der Waals surface area contributed by atoms with Crippen LogP contribution in [0.25, 0.3) is 0 Å². The van der Waals surface area contributed by atoms with Crippen molar-refractivity contribution >= 4 is 5.91 Å². The van der Waals surface area contributed by atoms with E-state index in [-0.39, 0.29) is 12.5 Å². The van der Waals surface area contributed by atoms with Crippen LogP contribution in [0.5, 0.6) is 0 Å². The molecule has 1 aliphatic heterocycles. The zero-order valence-corrected chi connectivity index (χ0v) is 13.9. The lowest BCUT2D eigenvalue weighted by Crippen LogP contribution is -2.56. The number of nitrogens with zero attached hydrogens (tertiary/aromatic N) is 2. The van der Waals surface area contributed by atoms with Gasteiger partial charge in [0.25, 0.3) is 0 Å². The third-order valence-corrected chi connectivity index (χ3v) is 3.95. The largest absolute Gasteiger partial charge is 0.393 e. The lowest BCUT2D eigenvalue weighted by molar-refractivity contribution is -0.153. The van der Waals surface area contributed by atoms with Crippen molar-refractivity contribution in [2.75, 3.05) is 46.9 Å². The Balaban J connectivity index is 2.02. The van der Waals surface area contributed by atoms with Gasteiger partial charge in [-0.25, -0.2) is 0 Å². The molecule has 0 aliphatic carbocycles. The third kappa shape index (κ3) is 5.16. The van der Waals surface area contributed by atoms with E-state index >= 15 is 0 Å². The number of aliphatic hydroxyl groups excluding tert-OH is 1. The summed E-state index contributed by atoms with van der Waals surface area (Å²) in [5, 5.41) is 9.86. The summed E-state index contributed by atoms with van der Waals surface area (Å²) < 4.78 is 5.87. The fraction of sp³-hybridized carbons (Fsp3) is 0.500. The summed E-state index contributed by atoms with van der Waals surface area (Å²) in [6.45, 7) is 2.03. The minimum absolute atomic E-state index is 0.0268. The van der Waals surface area contributed by atoms with E-state index in [9.17, 15) is 9.90 Å². The van der Waals surface area contributed by atoms with Gasteiger partial charge in [0.15, 0.2) is 0 Å². The van der Waals surface area contributed by atoms with Gasteiger partial charge in [-0.1, -0.05) is 36.4 Å². The Bertz CT molecular complexity index is 530. The second-order valence-corrected chi connectivity index (χ2v) is 6.28. The third-order valence-electron chi connectivity index (χ3n) is 3.95. The number of aliphatic hydroxyl groups is 1. The van der Waals surface area contributed by atoms with Gasteiger partial charge in [-0.15, -0.1) is 0 Å². The summed E-state index contributed by atoms with van der Waals surface area (Å²) in [5.41, 5.74) is 0.379. The number of hydrogen-bond acceptors (Lipinski definition) is 4. The molecule has 1 aromatic rings. The zero-order valence-electron chi connectivity index (χ0n) is 13.9. The molecule has 126 valence electrons. The van der Waals surface area contributed by atoms with Gasteiger partial charge in [0, 0.05) is 25.6 Å². The summed E-state index contributed by atoms with van der Waals surface area (Å²) >= 11 is 0. The number of ether oxygens (including phenoxy) is 1. The summed E-state index contributed by atoms with van der Waals surface area (Å²) in [4.78, 5) is 16.1. The van der Waals surface area contributed by atoms with Crippen molar-refractivity contribution in [1.82, 2.24) is 9.80 Å². The van der Waals surface area contributed by atoms with Gasteiger partial charge >= 0.3 is 0 Å². The van der Waals surface area contributed by atoms with Crippen LogP contribution >= 0.6 is 0 Å². The highest BCUT2D eigenvalue weighted by Crippen LogP contribution is 2.23. The van der Waals surface area contributed by atoms with Crippen molar-refractivity contribution in [3.8, 4) is 0 Å². The molecule has 1 aromatic carbocycles. The Kier molecular flexibility index (Phi) is 6.33. The molecule has 0 unspecified atom stereocenters. The van der Waals surface area contributed by atoms with E-state index in [0.29, 0.717) is 26.1 Å². The Morgan fingerprint density at radius 2 is 2.13 bits per heavy atom. The Morgan fingerprint density at radius 3 is 2.78 bits per heavy atom. The number of morpholine rings is 1. The van der Waals surface area contributed by atoms with Crippen molar-refractivity contribution in [1.29, 1.82) is 0 Å². The molecule has 5 nitrogen and oxygen atoms in total. The molecule has 23 heavy (non-hydrogen) atoms. The summed E-state index contributed by atoms with van der Waals surface area (Å²) in [6, 6.07) is 9.92. The molecule has 5 heteroatoms. The number of hydrogen-bond donors (Lipinski definition) is 1. The summed E-state index contributed by atoms with van der Waals surface area (Å²) in [6.07, 6.45) is 4.06. The summed E-state index contributed by atoms with van der Waals surface area (Å²) in [5.74, 6) is -0.0268. The fourth-order valence-electron chi connectivity index (χ4n) is 2.73. The number of benzene rings is 1. The molecule has 1 fully saturated rings. The average molecular weight is 318 g/mol. The number of likely N-dealkylation sites (N-methyl/N-ethyl adjacent to an activating group) is 1. The standard InChI is InChI=1S/C18H26N2O3/c1-19(2)10-6-9-17(22)20-11-12-23-18(14-20,15-21)13-16-7-4-3-5-8-16/h3-9,21H,10-15H2,1-2H3/b9-6+/t18-/m1/s1. The first-order valence-electron chi connectivity index (χ1n) is 7.94. The van der Waals surface area contributed by atoms with Crippen molar-refractivity contribution in [2.45, 2.75) is 12.0 Å². The van der Waals surface area contributed by atoms with E-state index < -0.39 is 5.60 Å². The first-order chi connectivity index (χ1) is 11.0. The van der Waals surface area contributed by atoms with E-state index in [1.165, 1.54) is 0 Å². The number of rotatable bonds is 6. The molecule has 1 aliphatic rings. The molecular formula is C18H26N2O3. The molecule has 1 atom stereocenters. The van der Waals surface area contributed by atoms with Gasteiger partial charge in [0.1, 0.15) is 5.60 Å². The van der Waals surface area contributed by atoms with Gasteiger partial charge in [0.2, 0.25) is 5.91 Å².